The van der Waals surface area contributed by atoms with Crippen LogP contribution in [0.2, 0.25) is 0 Å². The van der Waals surface area contributed by atoms with Gasteiger partial charge in [0.1, 0.15) is 40.7 Å². The second-order valence-electron chi connectivity index (χ2n) is 22.3. The Kier molecular flexibility index (Phi) is 37.8. The minimum absolute atomic E-state index is 0.0496. The molecule has 0 fully saturated rings. The third kappa shape index (κ3) is 33.4. The van der Waals surface area contributed by atoms with Crippen LogP contribution >= 0.6 is 0 Å². The van der Waals surface area contributed by atoms with Gasteiger partial charge in [0, 0.05) is 53.1 Å². The molecule has 0 radical (unpaired) electrons. The van der Waals surface area contributed by atoms with Gasteiger partial charge in [-0.15, -0.1) is 0 Å². The van der Waals surface area contributed by atoms with Crippen molar-refractivity contribution in [3.05, 3.63) is 383 Å². The Balaban J connectivity index is 0.000000595. The van der Waals surface area contributed by atoms with Crippen molar-refractivity contribution in [3.63, 3.8) is 0 Å². The van der Waals surface area contributed by atoms with Gasteiger partial charge in [-0.1, -0.05) is 48.0 Å². The van der Waals surface area contributed by atoms with Crippen molar-refractivity contribution >= 4 is 39.8 Å². The minimum atomic E-state index is -4.60. The predicted molar refractivity (Wildman–Crippen MR) is 372 cm³/mol. The first-order valence-electron chi connectivity index (χ1n) is 30.2. The van der Waals surface area contributed by atoms with Crippen molar-refractivity contribution in [2.45, 2.75) is 89.3 Å². The first-order valence-corrected chi connectivity index (χ1v) is 30.2. The molecule has 0 amide bonds. The molecule has 0 aliphatic carbocycles. The standard InChI is InChI=1S/C8H6F4.2C8H9F.7C7H6FNO2/c1-5-2-3-7(9)6(4-5)8(10,11)12;2*1-6-3-4-8(9)5-7(6)2;1-5-4-6(9(10)11)2-3-7(5)8;1-5-4-6(8)2-3-7(5)9(10)11;1-5-2-3-6(9(10)11)4-7(5)8;1-5-2-3-6(8)4-7(5)9(10)11;1-5-2-3-7(9(10)11)6(8)4-5;1-5-2-3-6(8)7(4-5)9(10)11;1-5-3-2-4-6(8)7(5)9(10)11/h2-4H,1H3;2*3-5H,1-2H3;7*2-4H,1H3. The molecule has 107 heavy (non-hydrogen) atoms. The zero-order chi connectivity index (χ0) is 82.1. The summed E-state index contributed by atoms with van der Waals surface area (Å²) in [6, 6.07) is 38.0. The van der Waals surface area contributed by atoms with Crippen LogP contribution in [0.4, 0.5) is 96.9 Å². The molecule has 10 aromatic carbocycles. The molecular formula is C73H66F13N7O14. The summed E-state index contributed by atoms with van der Waals surface area (Å²) in [4.78, 5) is 66.6. The van der Waals surface area contributed by atoms with Crippen LogP contribution in [0.15, 0.2) is 182 Å². The summed E-state index contributed by atoms with van der Waals surface area (Å²) in [7, 11) is 0. The van der Waals surface area contributed by atoms with Gasteiger partial charge >= 0.3 is 23.2 Å². The molecule has 0 aliphatic rings. The first kappa shape index (κ1) is 92.1. The smallest absolute Gasteiger partial charge is 0.258 e. The number of hydrogen-bond acceptors (Lipinski definition) is 14. The van der Waals surface area contributed by atoms with Gasteiger partial charge in [0.25, 0.3) is 22.7 Å². The number of non-ortho nitro benzene ring substituents is 2. The van der Waals surface area contributed by atoms with Crippen molar-refractivity contribution in [1.29, 1.82) is 0 Å². The minimum Gasteiger partial charge on any atom is -0.258 e. The number of rotatable bonds is 7. The fraction of sp³-hybridized carbons (Fsp3) is 0.178. The van der Waals surface area contributed by atoms with E-state index in [0.717, 1.165) is 101 Å². The van der Waals surface area contributed by atoms with E-state index in [9.17, 15) is 128 Å². The molecule has 21 nitrogen and oxygen atoms in total. The van der Waals surface area contributed by atoms with Crippen LogP contribution in [0.25, 0.3) is 0 Å². The Morgan fingerprint density at radius 1 is 0.243 bits per heavy atom. The van der Waals surface area contributed by atoms with Crippen LogP contribution in [0, 0.1) is 212 Å². The molecular weight excluding hydrogens is 1450 g/mol. The Morgan fingerprint density at radius 3 is 1.01 bits per heavy atom. The largest absolute Gasteiger partial charge is 0.419 e. The number of aryl methyl sites for hydroxylation is 12. The maximum Gasteiger partial charge on any atom is 0.419 e. The van der Waals surface area contributed by atoms with Crippen LogP contribution < -0.4 is 0 Å². The number of benzene rings is 10. The lowest BCUT2D eigenvalue weighted by Gasteiger charge is -2.07. The zero-order valence-corrected chi connectivity index (χ0v) is 58.6. The highest BCUT2D eigenvalue weighted by atomic mass is 19.4. The van der Waals surface area contributed by atoms with E-state index in [1.54, 1.807) is 39.8 Å². The molecule has 0 saturated carbocycles. The summed E-state index contributed by atoms with van der Waals surface area (Å²) in [6.07, 6.45) is -4.60. The molecule has 0 saturated heterocycles. The fourth-order valence-corrected chi connectivity index (χ4v) is 7.68. The molecule has 0 aromatic heterocycles. The lowest BCUT2D eigenvalue weighted by molar-refractivity contribution is -0.388. The number of nitro groups is 7. The molecule has 0 bridgehead atoms. The normalized spacial score (nSPS) is 9.88. The number of hydrogen-bond donors (Lipinski definition) is 0. The maximum atomic E-state index is 12.7. The molecule has 0 spiro atoms. The van der Waals surface area contributed by atoms with Crippen LogP contribution in [0.3, 0.4) is 0 Å². The molecule has 0 atom stereocenters. The van der Waals surface area contributed by atoms with E-state index >= 15 is 0 Å². The van der Waals surface area contributed by atoms with Gasteiger partial charge in [0.15, 0.2) is 0 Å². The van der Waals surface area contributed by atoms with Gasteiger partial charge < -0.3 is 0 Å². The number of nitro benzene ring substituents is 7. The van der Waals surface area contributed by atoms with Gasteiger partial charge in [-0.2, -0.15) is 26.3 Å². The maximum absolute atomic E-state index is 12.7. The van der Waals surface area contributed by atoms with E-state index in [-0.39, 0.29) is 34.4 Å². The number of alkyl halides is 3. The van der Waals surface area contributed by atoms with E-state index in [1.165, 1.54) is 119 Å². The van der Waals surface area contributed by atoms with Crippen LogP contribution in [-0.2, 0) is 6.18 Å². The zero-order valence-electron chi connectivity index (χ0n) is 58.6. The molecule has 0 heterocycles. The van der Waals surface area contributed by atoms with E-state index in [2.05, 4.69) is 0 Å². The van der Waals surface area contributed by atoms with E-state index < -0.39 is 110 Å². The summed E-state index contributed by atoms with van der Waals surface area (Å²) in [5, 5.41) is 71.1. The molecule has 10 aromatic rings. The van der Waals surface area contributed by atoms with Gasteiger partial charge in [0.2, 0.25) is 17.5 Å². The lowest BCUT2D eigenvalue weighted by Crippen LogP contribution is -2.08. The highest BCUT2D eigenvalue weighted by Gasteiger charge is 2.34. The van der Waals surface area contributed by atoms with Crippen molar-refractivity contribution in [3.8, 4) is 0 Å². The highest BCUT2D eigenvalue weighted by molar-refractivity contribution is 5.42. The third-order valence-electron chi connectivity index (χ3n) is 13.8. The predicted octanol–water partition coefficient (Wildman–Crippen LogP) is 22.3. The lowest BCUT2D eigenvalue weighted by atomic mass is 10.1. The monoisotopic (exact) mass is 1510 g/mol. The average molecular weight is 1510 g/mol. The summed E-state index contributed by atoms with van der Waals surface area (Å²) in [5.74, 6) is -5.89. The molecule has 568 valence electrons. The summed E-state index contributed by atoms with van der Waals surface area (Å²) >= 11 is 0. The third-order valence-corrected chi connectivity index (χ3v) is 13.8. The molecule has 10 rings (SSSR count). The fourth-order valence-electron chi connectivity index (χ4n) is 7.68. The Bertz CT molecular complexity index is 4530. The summed E-state index contributed by atoms with van der Waals surface area (Å²) in [6.45, 7) is 20.2. The summed E-state index contributed by atoms with van der Waals surface area (Å²) in [5.41, 5.74) is 4.79. The summed E-state index contributed by atoms with van der Waals surface area (Å²) < 4.78 is 161. The van der Waals surface area contributed by atoms with Gasteiger partial charge in [-0.05, 0) is 219 Å². The average Bonchev–Trinajstić information content (AvgIpc) is 0.979. The Hall–Kier alpha value is -12.9. The SMILES string of the molecule is Cc1cc(F)ccc1[N+](=O)[O-].Cc1cc([N+](=O)[O-])ccc1F.Cc1ccc(F)c(C(F)(F)F)c1.Cc1ccc(F)c([N+](=O)[O-])c1.Cc1ccc(F)cc1C.Cc1ccc(F)cc1C.Cc1ccc(F)cc1[N+](=O)[O-].Cc1ccc([N+](=O)[O-])c(F)c1.Cc1ccc([N+](=O)[O-])cc1F.Cc1cccc(F)c1[N+](=O)[O-]. The molecule has 0 unspecified atom stereocenters. The van der Waals surface area contributed by atoms with E-state index in [4.69, 9.17) is 0 Å². The van der Waals surface area contributed by atoms with Crippen LogP contribution in [0.5, 0.6) is 0 Å². The first-order chi connectivity index (χ1) is 49.6. The van der Waals surface area contributed by atoms with Crippen LogP contribution in [0.1, 0.15) is 72.3 Å². The number of nitrogens with zero attached hydrogens (tertiary/aromatic N) is 7. The van der Waals surface area contributed by atoms with Gasteiger partial charge in [-0.25, -0.2) is 30.7 Å². The van der Waals surface area contributed by atoms with Crippen molar-refractivity contribution in [2.75, 3.05) is 0 Å². The number of para-hydroxylation sites is 1. The quantitative estimate of drug-likeness (QED) is 0.0814. The topological polar surface area (TPSA) is 302 Å². The molecule has 34 heteroatoms. The number of halogens is 13. The Labute approximate surface area is 601 Å². The van der Waals surface area contributed by atoms with E-state index in [0.29, 0.717) is 44.5 Å². The second-order valence-corrected chi connectivity index (χ2v) is 22.3. The highest BCUT2D eigenvalue weighted by Crippen LogP contribution is 2.32. The molecule has 0 aliphatic heterocycles. The Morgan fingerprint density at radius 2 is 0.636 bits per heavy atom. The molecule has 0 N–H and O–H groups in total. The van der Waals surface area contributed by atoms with Crippen molar-refractivity contribution < 1.29 is 91.5 Å². The van der Waals surface area contributed by atoms with Crippen molar-refractivity contribution in [1.82, 2.24) is 0 Å². The van der Waals surface area contributed by atoms with E-state index in [1.807, 2.05) is 27.7 Å². The van der Waals surface area contributed by atoms with Crippen molar-refractivity contribution in [2.24, 2.45) is 0 Å². The van der Waals surface area contributed by atoms with Gasteiger partial charge in [-0.3, -0.25) is 70.8 Å². The van der Waals surface area contributed by atoms with Gasteiger partial charge in [0.05, 0.1) is 52.2 Å². The van der Waals surface area contributed by atoms with Crippen LogP contribution in [-0.4, -0.2) is 34.5 Å². The second kappa shape index (κ2) is 43.9.